The molecule has 0 aromatic rings. The van der Waals surface area contributed by atoms with Gasteiger partial charge >= 0.3 is 30.3 Å². The van der Waals surface area contributed by atoms with Crippen LogP contribution in [-0.2, 0) is 42.7 Å². The number of cyclic esters (lactones) is 4. The van der Waals surface area contributed by atoms with Crippen LogP contribution >= 0.6 is 0 Å². The molecule has 0 aromatic carbocycles. The molecule has 0 spiro atoms. The number of carbonyl (C=O) groups excluding carboxylic acids is 5. The number of amides is 4. The molecule has 17 heteroatoms. The van der Waals surface area contributed by atoms with E-state index < -0.39 is 0 Å². The van der Waals surface area contributed by atoms with Crippen LogP contribution < -0.4 is 10.6 Å². The van der Waals surface area contributed by atoms with Crippen molar-refractivity contribution in [3.8, 4) is 0 Å². The van der Waals surface area contributed by atoms with Crippen molar-refractivity contribution >= 4 is 30.3 Å². The average Bonchev–Trinajstić information content (AvgIpc) is 4.06. The first-order valence-electron chi connectivity index (χ1n) is 25.5. The zero-order valence-electron chi connectivity index (χ0n) is 42.3. The monoisotopic (exact) mass is 945 g/mol. The third-order valence-corrected chi connectivity index (χ3v) is 11.2. The van der Waals surface area contributed by atoms with E-state index in [0.717, 1.165) is 51.9 Å². The van der Waals surface area contributed by atoms with Crippen molar-refractivity contribution < 1.29 is 61.9 Å². The molecule has 4 fully saturated rings. The molecule has 4 heterocycles. The molecule has 4 amide bonds. The minimum absolute atomic E-state index is 0.0753. The molecular weight excluding hydrogens is 853 g/mol. The fourth-order valence-corrected chi connectivity index (χ4v) is 7.08. The second-order valence-corrected chi connectivity index (χ2v) is 18.1. The predicted molar refractivity (Wildman–Crippen MR) is 255 cm³/mol. The summed E-state index contributed by atoms with van der Waals surface area (Å²) in [5.41, 5.74) is -0.334. The van der Waals surface area contributed by atoms with E-state index in [0.29, 0.717) is 52.5 Å². The molecule has 66 heavy (non-hydrogen) atoms. The molecule has 4 saturated heterocycles. The van der Waals surface area contributed by atoms with Crippen LogP contribution in [0.2, 0.25) is 0 Å². The van der Waals surface area contributed by atoms with Gasteiger partial charge in [0.05, 0.1) is 45.0 Å². The molecule has 0 radical (unpaired) electrons. The Balaban J connectivity index is 0.000000441. The first-order chi connectivity index (χ1) is 31.9. The van der Waals surface area contributed by atoms with Crippen molar-refractivity contribution in [3.63, 3.8) is 0 Å². The highest BCUT2D eigenvalue weighted by Crippen LogP contribution is 2.14. The molecule has 4 unspecified atom stereocenters. The van der Waals surface area contributed by atoms with E-state index in [1.165, 1.54) is 108 Å². The summed E-state index contributed by atoms with van der Waals surface area (Å²) in [5, 5.41) is 5.37. The van der Waals surface area contributed by atoms with Gasteiger partial charge in [0.1, 0.15) is 25.4 Å². The number of hydrogen-bond acceptors (Lipinski definition) is 13. The number of alkyl carbamates (subject to hydrolysis) is 2. The summed E-state index contributed by atoms with van der Waals surface area (Å²) in [4.78, 5) is 58.1. The maximum atomic E-state index is 11.4. The minimum Gasteiger partial charge on any atom is -0.462 e. The van der Waals surface area contributed by atoms with E-state index in [1.807, 2.05) is 6.92 Å². The number of likely N-dealkylation sites (N-methyl/N-ethyl adjacent to an activating group) is 2. The summed E-state index contributed by atoms with van der Waals surface area (Å²) in [6.45, 7) is 16.9. The zero-order chi connectivity index (χ0) is 48.7. The number of nitrogens with one attached hydrogen (secondary N) is 2. The molecule has 4 aliphatic rings. The van der Waals surface area contributed by atoms with Crippen LogP contribution in [0.15, 0.2) is 0 Å². The standard InChI is InChI=1S/C13H23NO4.C13H25NO3.C12H23NO3.C11H21NO3/c1-3-4-5-6-7-8-12(15)17-10-11-9-14(2)13(16)18-11;1-3-4-5-6-7-8-9-16-10-13(2)11-17-12(15)14-13;1-2-3-4-5-6-7-8-15-10-11-9-13-12(14)16-11;1-3-4-5-6-7-14-9-10-8-12(2)11(13)15-10/h11H,3-10H2,1-2H3;3-11H2,1-2H3,(H,14,15);11H,2-10H2,1H3,(H,13,14);10H,3-9H2,1-2H3. The normalized spacial score (nSPS) is 20.7. The molecule has 386 valence electrons. The molecule has 0 aromatic heterocycles. The van der Waals surface area contributed by atoms with Gasteiger partial charge in [0, 0.05) is 40.3 Å². The quantitative estimate of drug-likeness (QED) is 0.0360. The lowest BCUT2D eigenvalue weighted by Crippen LogP contribution is -2.44. The third-order valence-electron chi connectivity index (χ3n) is 11.2. The van der Waals surface area contributed by atoms with Gasteiger partial charge in [-0.3, -0.25) is 4.79 Å². The third kappa shape index (κ3) is 32.2. The Bertz CT molecular complexity index is 1280. The van der Waals surface area contributed by atoms with E-state index in [-0.39, 0.29) is 60.8 Å². The Morgan fingerprint density at radius 1 is 0.576 bits per heavy atom. The number of hydrogen-bond donors (Lipinski definition) is 2. The second-order valence-electron chi connectivity index (χ2n) is 18.1. The van der Waals surface area contributed by atoms with Crippen LogP contribution in [0.5, 0.6) is 0 Å². The summed E-state index contributed by atoms with van der Waals surface area (Å²) in [6.07, 6.45) is 24.3. The number of unbranched alkanes of at least 4 members (excludes halogenated alkanes) is 17. The summed E-state index contributed by atoms with van der Waals surface area (Å²) in [6, 6.07) is 0. The second kappa shape index (κ2) is 39.4. The van der Waals surface area contributed by atoms with E-state index in [4.69, 9.17) is 37.9 Å². The average molecular weight is 945 g/mol. The van der Waals surface area contributed by atoms with E-state index in [2.05, 4.69) is 38.3 Å². The Morgan fingerprint density at radius 2 is 1.02 bits per heavy atom. The Morgan fingerprint density at radius 3 is 1.45 bits per heavy atom. The van der Waals surface area contributed by atoms with Gasteiger partial charge in [0.2, 0.25) is 0 Å². The van der Waals surface area contributed by atoms with Gasteiger partial charge in [-0.15, -0.1) is 0 Å². The Kier molecular flexibility index (Phi) is 36.1. The molecule has 0 saturated carbocycles. The Hall–Kier alpha value is -3.57. The van der Waals surface area contributed by atoms with Gasteiger partial charge < -0.3 is 58.3 Å². The van der Waals surface area contributed by atoms with E-state index in [9.17, 15) is 24.0 Å². The number of esters is 1. The van der Waals surface area contributed by atoms with Gasteiger partial charge in [-0.1, -0.05) is 137 Å². The lowest BCUT2D eigenvalue weighted by molar-refractivity contribution is -0.146. The highest BCUT2D eigenvalue weighted by Gasteiger charge is 2.35. The highest BCUT2D eigenvalue weighted by molar-refractivity contribution is 5.71. The zero-order valence-corrected chi connectivity index (χ0v) is 42.3. The van der Waals surface area contributed by atoms with Crippen molar-refractivity contribution in [2.45, 2.75) is 200 Å². The lowest BCUT2D eigenvalue weighted by atomic mass is 10.1. The van der Waals surface area contributed by atoms with Crippen LogP contribution in [0.4, 0.5) is 19.2 Å². The van der Waals surface area contributed by atoms with Crippen LogP contribution in [0.3, 0.4) is 0 Å². The van der Waals surface area contributed by atoms with Crippen LogP contribution in [-0.4, -0.2) is 151 Å². The molecular formula is C49H92N4O13. The fraction of sp³-hybridized carbons (Fsp3) is 0.898. The maximum Gasteiger partial charge on any atom is 0.410 e. The first-order valence-corrected chi connectivity index (χ1v) is 25.5. The number of nitrogens with zero attached hydrogens (tertiary/aromatic N) is 2. The van der Waals surface area contributed by atoms with E-state index >= 15 is 0 Å². The van der Waals surface area contributed by atoms with Crippen molar-refractivity contribution in [2.75, 3.05) is 86.6 Å². The fourth-order valence-electron chi connectivity index (χ4n) is 7.08. The number of ether oxygens (including phenoxy) is 8. The summed E-state index contributed by atoms with van der Waals surface area (Å²) in [7, 11) is 3.40. The Labute approximate surface area is 398 Å². The van der Waals surface area contributed by atoms with Gasteiger partial charge in [0.15, 0.2) is 6.10 Å². The molecule has 17 nitrogen and oxygen atoms in total. The van der Waals surface area contributed by atoms with Crippen LogP contribution in [0.25, 0.3) is 0 Å². The summed E-state index contributed by atoms with van der Waals surface area (Å²) < 4.78 is 41.4. The van der Waals surface area contributed by atoms with Crippen molar-refractivity contribution in [1.29, 1.82) is 0 Å². The number of carbonyl (C=O) groups is 5. The molecule has 2 N–H and O–H groups in total. The van der Waals surface area contributed by atoms with Crippen molar-refractivity contribution in [3.05, 3.63) is 0 Å². The molecule has 4 aliphatic heterocycles. The topological polar surface area (TPSA) is 190 Å². The van der Waals surface area contributed by atoms with Crippen molar-refractivity contribution in [1.82, 2.24) is 20.4 Å². The van der Waals surface area contributed by atoms with E-state index in [1.54, 1.807) is 19.0 Å². The SMILES string of the molecule is CCCCCCCC(=O)OCC1CN(C)C(=O)O1.CCCCCCCCOCC1(C)COC(=O)N1.CCCCCCCCOCC1CNC(=O)O1.CCCCCCOCC1CN(C)C(=O)O1. The van der Waals surface area contributed by atoms with Gasteiger partial charge in [-0.2, -0.15) is 0 Å². The summed E-state index contributed by atoms with van der Waals surface area (Å²) >= 11 is 0. The van der Waals surface area contributed by atoms with Gasteiger partial charge in [-0.25, -0.2) is 19.2 Å². The molecule has 0 aliphatic carbocycles. The maximum absolute atomic E-state index is 11.4. The van der Waals surface area contributed by atoms with Gasteiger partial charge in [-0.05, 0) is 32.6 Å². The lowest BCUT2D eigenvalue weighted by Gasteiger charge is -2.20. The van der Waals surface area contributed by atoms with Crippen molar-refractivity contribution in [2.24, 2.45) is 0 Å². The molecule has 4 atom stereocenters. The minimum atomic E-state index is -0.351. The van der Waals surface area contributed by atoms with Gasteiger partial charge in [0.25, 0.3) is 0 Å². The van der Waals surface area contributed by atoms with Crippen LogP contribution in [0.1, 0.15) is 176 Å². The predicted octanol–water partition coefficient (Wildman–Crippen LogP) is 9.71. The first kappa shape index (κ1) is 60.4. The smallest absolute Gasteiger partial charge is 0.410 e. The number of rotatable bonds is 33. The highest BCUT2D eigenvalue weighted by atomic mass is 16.6. The molecule has 0 bridgehead atoms. The molecule has 4 rings (SSSR count). The van der Waals surface area contributed by atoms with Crippen LogP contribution in [0, 0.1) is 0 Å². The largest absolute Gasteiger partial charge is 0.462 e. The summed E-state index contributed by atoms with van der Waals surface area (Å²) in [5.74, 6) is -0.197.